The van der Waals surface area contributed by atoms with E-state index in [1.807, 2.05) is 48.7 Å². The Bertz CT molecular complexity index is 810. The molecule has 2 aromatic rings. The highest BCUT2D eigenvalue weighted by Gasteiger charge is 2.23. The van der Waals surface area contributed by atoms with E-state index >= 15 is 0 Å². The number of aromatic nitrogens is 1. The van der Waals surface area contributed by atoms with E-state index in [2.05, 4.69) is 32.9 Å². The van der Waals surface area contributed by atoms with Crippen molar-refractivity contribution in [3.05, 3.63) is 59.9 Å². The highest BCUT2D eigenvalue weighted by molar-refractivity contribution is 14.0. The number of hydrogen-bond donors (Lipinski definition) is 3. The maximum atomic E-state index is 11.7. The molecule has 3 N–H and O–H groups in total. The average molecular weight is 537 g/mol. The molecule has 0 unspecified atom stereocenters. The molecule has 0 radical (unpaired) electrons. The Balaban J connectivity index is 0.00000341. The predicted octanol–water partition coefficient (Wildman–Crippen LogP) is 2.70. The molecule has 1 saturated carbocycles. The van der Waals surface area contributed by atoms with Crippen molar-refractivity contribution in [2.75, 3.05) is 26.2 Å². The lowest BCUT2D eigenvalue weighted by Crippen LogP contribution is -2.38. The third kappa shape index (κ3) is 9.99. The van der Waals surface area contributed by atoms with Crippen LogP contribution < -0.4 is 20.7 Å². The van der Waals surface area contributed by atoms with Gasteiger partial charge in [-0.2, -0.15) is 0 Å². The molecule has 1 heterocycles. The number of guanidine groups is 1. The molecule has 7 nitrogen and oxygen atoms in total. The van der Waals surface area contributed by atoms with Gasteiger partial charge >= 0.3 is 0 Å². The van der Waals surface area contributed by atoms with Gasteiger partial charge in [0.2, 0.25) is 0 Å². The number of carbonyl (C=O) groups excluding carboxylic acids is 1. The fourth-order valence-electron chi connectivity index (χ4n) is 2.89. The smallest absolute Gasteiger partial charge is 0.258 e. The number of ether oxygens (including phenoxy) is 1. The molecule has 1 aliphatic carbocycles. The van der Waals surface area contributed by atoms with Gasteiger partial charge in [0.15, 0.2) is 12.6 Å². The van der Waals surface area contributed by atoms with Crippen molar-refractivity contribution >= 4 is 35.8 Å². The van der Waals surface area contributed by atoms with E-state index in [-0.39, 0.29) is 36.5 Å². The van der Waals surface area contributed by atoms with Gasteiger partial charge in [-0.25, -0.2) is 0 Å². The van der Waals surface area contributed by atoms with Gasteiger partial charge in [-0.3, -0.25) is 14.8 Å². The Kier molecular flexibility index (Phi) is 11.1. The number of nitrogens with one attached hydrogen (secondary N) is 3. The quantitative estimate of drug-likeness (QED) is 0.233. The van der Waals surface area contributed by atoms with Gasteiger partial charge in [0.05, 0.1) is 0 Å². The fraction of sp³-hybridized carbons (Fsp3) is 0.435. The van der Waals surface area contributed by atoms with Crippen LogP contribution in [-0.4, -0.2) is 49.1 Å². The van der Waals surface area contributed by atoms with Gasteiger partial charge in [0, 0.05) is 44.0 Å². The summed E-state index contributed by atoms with van der Waals surface area (Å²) < 4.78 is 5.54. The third-order valence-electron chi connectivity index (χ3n) is 4.65. The molecule has 1 aromatic carbocycles. The summed E-state index contributed by atoms with van der Waals surface area (Å²) in [7, 11) is 0. The van der Waals surface area contributed by atoms with Crippen LogP contribution in [0.2, 0.25) is 0 Å². The van der Waals surface area contributed by atoms with Gasteiger partial charge in [0.1, 0.15) is 5.75 Å². The van der Waals surface area contributed by atoms with Crippen molar-refractivity contribution in [3.8, 4) is 5.75 Å². The largest absolute Gasteiger partial charge is 0.484 e. The summed E-state index contributed by atoms with van der Waals surface area (Å²) in [6.45, 7) is 4.40. The van der Waals surface area contributed by atoms with E-state index in [9.17, 15) is 4.79 Å². The van der Waals surface area contributed by atoms with Crippen LogP contribution in [0.5, 0.6) is 5.75 Å². The van der Waals surface area contributed by atoms with Crippen LogP contribution in [0.15, 0.2) is 53.7 Å². The standard InChI is InChI=1S/C23H31N5O2.HI/c1-2-24-23(27-16-13-19-5-3-4-14-25-19)26-15-12-18-6-10-21(11-7-18)30-17-22(29)28-20-8-9-20;/h3-7,10-11,14,20H,2,8-9,12-13,15-17H2,1H3,(H,28,29)(H2,24,26,27);1H. The zero-order valence-corrected chi connectivity index (χ0v) is 20.3. The first-order valence-corrected chi connectivity index (χ1v) is 10.7. The molecule has 3 rings (SSSR count). The molecule has 31 heavy (non-hydrogen) atoms. The van der Waals surface area contributed by atoms with Gasteiger partial charge in [0.25, 0.3) is 5.91 Å². The second kappa shape index (κ2) is 13.8. The summed E-state index contributed by atoms with van der Waals surface area (Å²) in [4.78, 5) is 20.6. The number of benzene rings is 1. The van der Waals surface area contributed by atoms with Crippen molar-refractivity contribution in [2.45, 2.75) is 38.6 Å². The van der Waals surface area contributed by atoms with Crippen LogP contribution in [-0.2, 0) is 17.6 Å². The van der Waals surface area contributed by atoms with E-state index in [1.54, 1.807) is 0 Å². The minimum atomic E-state index is -0.0518. The van der Waals surface area contributed by atoms with E-state index in [1.165, 1.54) is 5.56 Å². The van der Waals surface area contributed by atoms with Crippen molar-refractivity contribution in [1.29, 1.82) is 0 Å². The summed E-state index contributed by atoms with van der Waals surface area (Å²) in [6.07, 6.45) is 5.66. The van der Waals surface area contributed by atoms with Gasteiger partial charge < -0.3 is 20.7 Å². The molecule has 0 saturated heterocycles. The Hall–Kier alpha value is -2.36. The normalized spacial score (nSPS) is 13.1. The molecule has 0 bridgehead atoms. The second-order valence-corrected chi connectivity index (χ2v) is 7.28. The van der Waals surface area contributed by atoms with Crippen molar-refractivity contribution in [1.82, 2.24) is 20.9 Å². The number of halogens is 1. The van der Waals surface area contributed by atoms with Crippen molar-refractivity contribution < 1.29 is 9.53 Å². The van der Waals surface area contributed by atoms with E-state index in [0.29, 0.717) is 18.3 Å². The lowest BCUT2D eigenvalue weighted by atomic mass is 10.1. The van der Waals surface area contributed by atoms with Crippen LogP contribution in [0.3, 0.4) is 0 Å². The fourth-order valence-corrected chi connectivity index (χ4v) is 2.89. The minimum Gasteiger partial charge on any atom is -0.484 e. The van der Waals surface area contributed by atoms with E-state index in [0.717, 1.165) is 50.4 Å². The van der Waals surface area contributed by atoms with E-state index in [4.69, 9.17) is 4.74 Å². The Labute approximate surface area is 201 Å². The summed E-state index contributed by atoms with van der Waals surface area (Å²) in [5.74, 6) is 1.47. The van der Waals surface area contributed by atoms with Gasteiger partial charge in [-0.05, 0) is 56.0 Å². The first-order valence-electron chi connectivity index (χ1n) is 10.7. The van der Waals surface area contributed by atoms with Crippen LogP contribution in [0, 0.1) is 0 Å². The lowest BCUT2D eigenvalue weighted by molar-refractivity contribution is -0.123. The van der Waals surface area contributed by atoms with Gasteiger partial charge in [-0.15, -0.1) is 24.0 Å². The SMILES string of the molecule is CCNC(=NCCc1ccccn1)NCCc1ccc(OCC(=O)NC2CC2)cc1.I. The second-order valence-electron chi connectivity index (χ2n) is 7.28. The summed E-state index contributed by atoms with van der Waals surface area (Å²) in [5, 5.41) is 9.55. The highest BCUT2D eigenvalue weighted by Crippen LogP contribution is 2.18. The lowest BCUT2D eigenvalue weighted by Gasteiger charge is -2.12. The number of aliphatic imine (C=N–C) groups is 1. The third-order valence-corrected chi connectivity index (χ3v) is 4.65. The Morgan fingerprint density at radius 1 is 1.13 bits per heavy atom. The van der Waals surface area contributed by atoms with Crippen LogP contribution >= 0.6 is 24.0 Å². The van der Waals surface area contributed by atoms with Crippen LogP contribution in [0.4, 0.5) is 0 Å². The maximum Gasteiger partial charge on any atom is 0.258 e. The molecule has 0 aliphatic heterocycles. The molecular formula is C23H32IN5O2. The molecule has 8 heteroatoms. The number of pyridine rings is 1. The summed E-state index contributed by atoms with van der Waals surface area (Å²) in [6, 6.07) is 14.2. The maximum absolute atomic E-state index is 11.7. The first kappa shape index (κ1) is 24.9. The number of amides is 1. The zero-order valence-electron chi connectivity index (χ0n) is 18.0. The average Bonchev–Trinajstić information content (AvgIpc) is 3.58. The topological polar surface area (TPSA) is 87.6 Å². The molecule has 0 spiro atoms. The predicted molar refractivity (Wildman–Crippen MR) is 134 cm³/mol. The highest BCUT2D eigenvalue weighted by atomic mass is 127. The molecule has 1 amide bonds. The van der Waals surface area contributed by atoms with Crippen LogP contribution in [0.25, 0.3) is 0 Å². The monoisotopic (exact) mass is 537 g/mol. The minimum absolute atomic E-state index is 0. The van der Waals surface area contributed by atoms with Crippen LogP contribution in [0.1, 0.15) is 31.0 Å². The number of hydrogen-bond acceptors (Lipinski definition) is 4. The summed E-state index contributed by atoms with van der Waals surface area (Å²) >= 11 is 0. The van der Waals surface area contributed by atoms with Gasteiger partial charge in [-0.1, -0.05) is 18.2 Å². The van der Waals surface area contributed by atoms with Crippen molar-refractivity contribution in [2.24, 2.45) is 4.99 Å². The first-order chi connectivity index (χ1) is 14.7. The molecule has 1 aliphatic rings. The Morgan fingerprint density at radius 2 is 1.94 bits per heavy atom. The molecule has 1 aromatic heterocycles. The molecular weight excluding hydrogens is 505 g/mol. The Morgan fingerprint density at radius 3 is 2.61 bits per heavy atom. The number of nitrogens with zero attached hydrogens (tertiary/aromatic N) is 2. The van der Waals surface area contributed by atoms with Crippen molar-refractivity contribution in [3.63, 3.8) is 0 Å². The number of carbonyl (C=O) groups is 1. The molecule has 168 valence electrons. The molecule has 1 fully saturated rings. The zero-order chi connectivity index (χ0) is 21.0. The molecule has 0 atom stereocenters. The number of rotatable bonds is 11. The summed E-state index contributed by atoms with van der Waals surface area (Å²) in [5.41, 5.74) is 2.24. The van der Waals surface area contributed by atoms with E-state index < -0.39 is 0 Å².